The largest absolute Gasteiger partial charge is 0.491 e. The van der Waals surface area contributed by atoms with E-state index in [1.165, 1.54) is 22.3 Å². The molecule has 6 aromatic carbocycles. The summed E-state index contributed by atoms with van der Waals surface area (Å²) in [6.45, 7) is 5.42. The first-order valence-corrected chi connectivity index (χ1v) is 22.0. The van der Waals surface area contributed by atoms with Crippen molar-refractivity contribution in [3.63, 3.8) is 0 Å². The van der Waals surface area contributed by atoms with Crippen LogP contribution in [0.15, 0.2) is 157 Å². The monoisotopic (exact) mass is 906 g/mol. The van der Waals surface area contributed by atoms with Gasteiger partial charge in [0.1, 0.15) is 43.5 Å². The molecule has 0 aromatic heterocycles. The second-order valence-corrected chi connectivity index (χ2v) is 16.7. The molecule has 0 heterocycles. The average Bonchev–Trinajstić information content (AvgIpc) is 3.62. The lowest BCUT2D eigenvalue weighted by Crippen LogP contribution is -2.50. The van der Waals surface area contributed by atoms with E-state index in [1.54, 1.807) is 0 Å². The number of carbonyl (C=O) groups excluding carboxylic acids is 2. The summed E-state index contributed by atoms with van der Waals surface area (Å²) in [6, 6.07) is 47.3. The Morgan fingerprint density at radius 2 is 1.11 bits per heavy atom. The van der Waals surface area contributed by atoms with Crippen LogP contribution in [0.1, 0.15) is 56.8 Å². The fraction of sp³-hybridized carbons (Fsp3) is 0.245. The number of ether oxygens (including phenoxy) is 6. The second kappa shape index (κ2) is 18.4. The number of rotatable bonds is 18. The topological polar surface area (TPSA) is 110 Å². The molecule has 0 saturated carbocycles. The highest BCUT2D eigenvalue weighted by Gasteiger charge is 2.56. The lowest BCUT2D eigenvalue weighted by Gasteiger charge is -2.50. The van der Waals surface area contributed by atoms with Crippen LogP contribution in [0.2, 0.25) is 0 Å². The molecule has 1 N–H and O–H groups in total. The summed E-state index contributed by atoms with van der Waals surface area (Å²) in [5.41, 5.74) is 8.56. The van der Waals surface area contributed by atoms with Gasteiger partial charge in [-0.3, -0.25) is 4.79 Å². The number of fused-ring (bicyclic) bond motifs is 4. The minimum absolute atomic E-state index is 0.00198. The number of hydrogen-bond donors (Lipinski definition) is 1. The Hall–Kier alpha value is -6.04. The van der Waals surface area contributed by atoms with Gasteiger partial charge in [0.05, 0.1) is 37.8 Å². The Morgan fingerprint density at radius 3 is 1.70 bits per heavy atom. The maximum absolute atomic E-state index is 13.5. The van der Waals surface area contributed by atoms with E-state index in [1.807, 2.05) is 66.7 Å². The van der Waals surface area contributed by atoms with E-state index in [0.717, 1.165) is 49.7 Å². The van der Waals surface area contributed by atoms with Crippen LogP contribution in [0.5, 0.6) is 11.5 Å². The Morgan fingerprint density at radius 1 is 0.603 bits per heavy atom. The van der Waals surface area contributed by atoms with Crippen molar-refractivity contribution < 1.29 is 43.1 Å². The van der Waals surface area contributed by atoms with Gasteiger partial charge in [-0.05, 0) is 98.5 Å². The van der Waals surface area contributed by atoms with Gasteiger partial charge in [0.25, 0.3) is 0 Å². The Kier molecular flexibility index (Phi) is 12.3. The molecule has 0 radical (unpaired) electrons. The minimum Gasteiger partial charge on any atom is -0.491 e. The molecule has 2 bridgehead atoms. The van der Waals surface area contributed by atoms with E-state index < -0.39 is 28.9 Å². The van der Waals surface area contributed by atoms with Crippen molar-refractivity contribution in [2.75, 3.05) is 52.9 Å². The third kappa shape index (κ3) is 7.86. The molecular formula is C53H47BrO9. The molecule has 0 spiro atoms. The first-order chi connectivity index (χ1) is 30.8. The number of hydrogen-bond acceptors (Lipinski definition) is 9. The van der Waals surface area contributed by atoms with Crippen molar-refractivity contribution in [3.8, 4) is 22.6 Å². The highest BCUT2D eigenvalue weighted by atomic mass is 79.9. The van der Waals surface area contributed by atoms with E-state index in [9.17, 15) is 14.7 Å². The molecule has 9 nitrogen and oxygen atoms in total. The molecule has 320 valence electrons. The van der Waals surface area contributed by atoms with Gasteiger partial charge in [0.2, 0.25) is 0 Å². The van der Waals surface area contributed by atoms with Crippen molar-refractivity contribution >= 4 is 27.9 Å². The quantitative estimate of drug-likeness (QED) is 0.0512. The van der Waals surface area contributed by atoms with Gasteiger partial charge < -0.3 is 33.5 Å². The molecule has 3 atom stereocenters. The van der Waals surface area contributed by atoms with E-state index >= 15 is 0 Å². The fourth-order valence-electron chi connectivity index (χ4n) is 9.76. The molecule has 3 unspecified atom stereocenters. The lowest BCUT2D eigenvalue weighted by molar-refractivity contribution is -0.161. The highest BCUT2D eigenvalue weighted by molar-refractivity contribution is 9.10. The summed E-state index contributed by atoms with van der Waals surface area (Å²) in [6.07, 6.45) is 1.60. The Labute approximate surface area is 375 Å². The maximum Gasteiger partial charge on any atom is 0.330 e. The molecule has 0 aliphatic heterocycles. The first-order valence-electron chi connectivity index (χ1n) is 21.2. The van der Waals surface area contributed by atoms with E-state index in [-0.39, 0.29) is 32.3 Å². The number of halogens is 1. The van der Waals surface area contributed by atoms with Gasteiger partial charge in [0, 0.05) is 16.5 Å². The van der Waals surface area contributed by atoms with Crippen LogP contribution < -0.4 is 9.47 Å². The summed E-state index contributed by atoms with van der Waals surface area (Å²) in [7, 11) is 0. The van der Waals surface area contributed by atoms with Crippen molar-refractivity contribution in [2.24, 2.45) is 5.92 Å². The second-order valence-electron chi connectivity index (χ2n) is 15.8. The van der Waals surface area contributed by atoms with Crippen LogP contribution in [-0.2, 0) is 39.6 Å². The Balaban J connectivity index is 0.814. The summed E-state index contributed by atoms with van der Waals surface area (Å²) in [5.74, 6) is -0.191. The van der Waals surface area contributed by atoms with Crippen molar-refractivity contribution in [3.05, 3.63) is 201 Å². The van der Waals surface area contributed by atoms with Gasteiger partial charge in [-0.25, -0.2) is 4.79 Å². The maximum atomic E-state index is 13.5. The smallest absolute Gasteiger partial charge is 0.330 e. The zero-order chi connectivity index (χ0) is 43.4. The van der Waals surface area contributed by atoms with Crippen molar-refractivity contribution in [1.82, 2.24) is 0 Å². The summed E-state index contributed by atoms with van der Waals surface area (Å²) < 4.78 is 35.1. The molecule has 0 fully saturated rings. The van der Waals surface area contributed by atoms with Crippen LogP contribution in [0.25, 0.3) is 11.1 Å². The molecular weight excluding hydrogens is 860 g/mol. The van der Waals surface area contributed by atoms with Gasteiger partial charge in [-0.1, -0.05) is 126 Å². The predicted octanol–water partition coefficient (Wildman–Crippen LogP) is 9.28. The van der Waals surface area contributed by atoms with Crippen LogP contribution in [0.4, 0.5) is 0 Å². The van der Waals surface area contributed by atoms with Crippen LogP contribution in [0, 0.1) is 5.92 Å². The predicted molar refractivity (Wildman–Crippen MR) is 242 cm³/mol. The Bertz CT molecular complexity index is 2580. The zero-order valence-corrected chi connectivity index (χ0v) is 36.3. The normalized spacial score (nSPS) is 18.3. The molecule has 0 saturated heterocycles. The third-order valence-corrected chi connectivity index (χ3v) is 12.9. The minimum atomic E-state index is -1.46. The van der Waals surface area contributed by atoms with Crippen molar-refractivity contribution in [2.45, 2.75) is 23.4 Å². The molecule has 4 aliphatic carbocycles. The van der Waals surface area contributed by atoms with E-state index in [2.05, 4.69) is 95.3 Å². The fourth-order valence-corrected chi connectivity index (χ4v) is 10.1. The lowest BCUT2D eigenvalue weighted by atomic mass is 9.56. The van der Waals surface area contributed by atoms with Crippen LogP contribution in [0.3, 0.4) is 0 Å². The number of esters is 2. The number of benzene rings is 6. The van der Waals surface area contributed by atoms with Gasteiger partial charge >= 0.3 is 11.9 Å². The highest BCUT2D eigenvalue weighted by Crippen LogP contribution is 2.59. The molecule has 0 amide bonds. The zero-order valence-electron chi connectivity index (χ0n) is 34.7. The van der Waals surface area contributed by atoms with Gasteiger partial charge in [-0.15, -0.1) is 0 Å². The van der Waals surface area contributed by atoms with Crippen LogP contribution in [-0.4, -0.2) is 69.9 Å². The number of aliphatic hydroxyl groups is 1. The van der Waals surface area contributed by atoms with E-state index in [0.29, 0.717) is 38.6 Å². The molecule has 10 heteroatoms. The average molecular weight is 908 g/mol. The summed E-state index contributed by atoms with van der Waals surface area (Å²) in [4.78, 5) is 24.8. The molecule has 6 aromatic rings. The number of carbonyl (C=O) groups is 2. The first kappa shape index (κ1) is 42.3. The standard InChI is InChI=1S/C53H47BrO9/c1-2-50(55)62-31-27-58-25-29-60-38-20-15-35(16-21-38)52(45-12-6-3-9-40(45)41-10-4-7-13-46(41)52)36-17-22-39(23-18-36)61-30-26-59-28-32-63-51(56)49-34-43-42-11-5-8-14-47(42)53(49,57)48-24-19-37(54)33-44(43)48/h2-24,33,43,49,57H,1,25-32,34H2. The molecule has 63 heavy (non-hydrogen) atoms. The third-order valence-electron chi connectivity index (χ3n) is 12.4. The SMILES string of the molecule is C=CC(=O)OCCOCCOc1ccc(C2(c3ccc(OCCOCCOC(=O)C4CC5c6ccccc6C4(O)c4ccc(Br)cc45)cc3)c3ccccc3-c3ccccc32)cc1. The van der Waals surface area contributed by atoms with Gasteiger partial charge in [-0.2, -0.15) is 0 Å². The van der Waals surface area contributed by atoms with Crippen molar-refractivity contribution in [1.29, 1.82) is 0 Å². The van der Waals surface area contributed by atoms with Crippen LogP contribution >= 0.6 is 15.9 Å². The van der Waals surface area contributed by atoms with E-state index in [4.69, 9.17) is 28.4 Å². The molecule has 10 rings (SSSR count). The summed E-state index contributed by atoms with van der Waals surface area (Å²) >= 11 is 3.58. The molecule has 4 aliphatic rings. The summed E-state index contributed by atoms with van der Waals surface area (Å²) in [5, 5.41) is 12.3. The van der Waals surface area contributed by atoms with Gasteiger partial charge in [0.15, 0.2) is 0 Å².